The molecule has 5 heteroatoms. The lowest BCUT2D eigenvalue weighted by molar-refractivity contribution is -0.125. The standard InChI is InChI=1S/C6H10N2O2S/c7-8-6(9)4-1-2-10-5(11)3-4/h4H,1-3,7H2,(H,8,9). The van der Waals surface area contributed by atoms with Crippen LogP contribution in [0.3, 0.4) is 0 Å². The van der Waals surface area contributed by atoms with Crippen LogP contribution in [-0.4, -0.2) is 17.6 Å². The van der Waals surface area contributed by atoms with E-state index >= 15 is 0 Å². The molecule has 0 aromatic heterocycles. The first-order valence-electron chi connectivity index (χ1n) is 3.40. The Morgan fingerprint density at radius 3 is 3.09 bits per heavy atom. The van der Waals surface area contributed by atoms with Crippen LogP contribution in [0, 0.1) is 5.92 Å². The van der Waals surface area contributed by atoms with E-state index < -0.39 is 0 Å². The van der Waals surface area contributed by atoms with Gasteiger partial charge in [0, 0.05) is 6.42 Å². The van der Waals surface area contributed by atoms with E-state index in [9.17, 15) is 4.79 Å². The average molecular weight is 174 g/mol. The lowest BCUT2D eigenvalue weighted by Gasteiger charge is -2.21. The number of thiocarbonyl (C=S) groups is 1. The molecule has 0 saturated carbocycles. The number of ether oxygens (including phenoxy) is 1. The topological polar surface area (TPSA) is 64.3 Å². The molecular formula is C6H10N2O2S. The van der Waals surface area contributed by atoms with Crippen LogP contribution >= 0.6 is 12.2 Å². The van der Waals surface area contributed by atoms with Gasteiger partial charge in [-0.05, 0) is 18.6 Å². The second-order valence-electron chi connectivity index (χ2n) is 2.42. The van der Waals surface area contributed by atoms with E-state index in [1.54, 1.807) is 0 Å². The number of carbonyl (C=O) groups excluding carboxylic acids is 1. The van der Waals surface area contributed by atoms with E-state index in [0.29, 0.717) is 24.5 Å². The Hall–Kier alpha value is -0.680. The minimum Gasteiger partial charge on any atom is -0.487 e. The fourth-order valence-electron chi connectivity index (χ4n) is 1.02. The van der Waals surface area contributed by atoms with Gasteiger partial charge in [0.15, 0.2) is 5.05 Å². The van der Waals surface area contributed by atoms with Crippen molar-refractivity contribution in [3.05, 3.63) is 0 Å². The van der Waals surface area contributed by atoms with E-state index in [1.807, 2.05) is 0 Å². The summed E-state index contributed by atoms with van der Waals surface area (Å²) in [5.41, 5.74) is 2.10. The van der Waals surface area contributed by atoms with E-state index in [0.717, 1.165) is 0 Å². The first-order valence-corrected chi connectivity index (χ1v) is 3.81. The smallest absolute Gasteiger partial charge is 0.237 e. The molecule has 1 heterocycles. The van der Waals surface area contributed by atoms with E-state index in [2.05, 4.69) is 5.43 Å². The molecule has 62 valence electrons. The molecule has 11 heavy (non-hydrogen) atoms. The second-order valence-corrected chi connectivity index (χ2v) is 2.87. The van der Waals surface area contributed by atoms with E-state index in [1.165, 1.54) is 0 Å². The van der Waals surface area contributed by atoms with Crippen molar-refractivity contribution in [2.75, 3.05) is 6.61 Å². The van der Waals surface area contributed by atoms with Crippen LogP contribution in [0.1, 0.15) is 12.8 Å². The van der Waals surface area contributed by atoms with Crippen molar-refractivity contribution in [3.8, 4) is 0 Å². The molecular weight excluding hydrogens is 164 g/mol. The summed E-state index contributed by atoms with van der Waals surface area (Å²) in [6.45, 7) is 0.525. The summed E-state index contributed by atoms with van der Waals surface area (Å²) in [4.78, 5) is 11.0. The highest BCUT2D eigenvalue weighted by Gasteiger charge is 2.23. The zero-order chi connectivity index (χ0) is 8.27. The first kappa shape index (κ1) is 8.42. The molecule has 1 atom stereocenters. The van der Waals surface area contributed by atoms with Gasteiger partial charge < -0.3 is 4.74 Å². The van der Waals surface area contributed by atoms with Gasteiger partial charge in [0.25, 0.3) is 0 Å². The summed E-state index contributed by atoms with van der Waals surface area (Å²) in [6, 6.07) is 0. The van der Waals surface area contributed by atoms with Gasteiger partial charge in [-0.1, -0.05) is 0 Å². The van der Waals surface area contributed by atoms with Crippen LogP contribution in [0.25, 0.3) is 0 Å². The SMILES string of the molecule is NNC(=O)C1CCOC(=S)C1. The van der Waals surface area contributed by atoms with Crippen LogP contribution in [0.4, 0.5) is 0 Å². The van der Waals surface area contributed by atoms with Crippen LogP contribution in [0.5, 0.6) is 0 Å². The molecule has 1 unspecified atom stereocenters. The molecule has 0 radical (unpaired) electrons. The van der Waals surface area contributed by atoms with Crippen molar-refractivity contribution in [1.82, 2.24) is 5.43 Å². The number of carbonyl (C=O) groups is 1. The normalized spacial score (nSPS) is 24.1. The summed E-state index contributed by atoms with van der Waals surface area (Å²) in [6.07, 6.45) is 1.21. The van der Waals surface area contributed by atoms with Crippen molar-refractivity contribution in [2.24, 2.45) is 11.8 Å². The molecule has 0 aliphatic carbocycles. The molecule has 1 aliphatic rings. The molecule has 0 bridgehead atoms. The third-order valence-corrected chi connectivity index (χ3v) is 1.94. The van der Waals surface area contributed by atoms with Crippen LogP contribution < -0.4 is 11.3 Å². The molecule has 4 nitrogen and oxygen atoms in total. The van der Waals surface area contributed by atoms with Crippen molar-refractivity contribution in [2.45, 2.75) is 12.8 Å². The lowest BCUT2D eigenvalue weighted by atomic mass is 10.00. The van der Waals surface area contributed by atoms with Gasteiger partial charge in [0.1, 0.15) is 0 Å². The largest absolute Gasteiger partial charge is 0.487 e. The Labute approximate surface area is 70.1 Å². The van der Waals surface area contributed by atoms with Crippen LogP contribution in [0.2, 0.25) is 0 Å². The molecule has 0 aromatic rings. The molecule has 3 N–H and O–H groups in total. The summed E-state index contributed by atoms with van der Waals surface area (Å²) in [5, 5.41) is 0.504. The Balaban J connectivity index is 2.45. The monoisotopic (exact) mass is 174 g/mol. The molecule has 0 aromatic carbocycles. The van der Waals surface area contributed by atoms with Gasteiger partial charge in [-0.15, -0.1) is 0 Å². The number of nitrogens with two attached hydrogens (primary N) is 1. The predicted octanol–water partition coefficient (Wildman–Crippen LogP) is -0.270. The highest BCUT2D eigenvalue weighted by Crippen LogP contribution is 2.16. The van der Waals surface area contributed by atoms with E-state index in [-0.39, 0.29) is 11.8 Å². The Bertz CT molecular complexity index is 183. The maximum atomic E-state index is 11.0. The second kappa shape index (κ2) is 3.64. The lowest BCUT2D eigenvalue weighted by Crippen LogP contribution is -2.39. The minimum atomic E-state index is -0.157. The number of hydrogen-bond acceptors (Lipinski definition) is 4. The van der Waals surface area contributed by atoms with Gasteiger partial charge >= 0.3 is 0 Å². The number of hydrogen-bond donors (Lipinski definition) is 2. The van der Waals surface area contributed by atoms with Crippen LogP contribution in [-0.2, 0) is 9.53 Å². The number of rotatable bonds is 1. The summed E-state index contributed by atoms with van der Waals surface area (Å²) >= 11 is 4.81. The van der Waals surface area contributed by atoms with Crippen molar-refractivity contribution < 1.29 is 9.53 Å². The zero-order valence-electron chi connectivity index (χ0n) is 6.00. The van der Waals surface area contributed by atoms with Crippen LogP contribution in [0.15, 0.2) is 0 Å². The predicted molar refractivity (Wildman–Crippen MR) is 43.6 cm³/mol. The number of amides is 1. The Morgan fingerprint density at radius 2 is 2.55 bits per heavy atom. The van der Waals surface area contributed by atoms with Gasteiger partial charge in [-0.2, -0.15) is 0 Å². The van der Waals surface area contributed by atoms with Gasteiger partial charge in [-0.3, -0.25) is 10.2 Å². The van der Waals surface area contributed by atoms with Crippen molar-refractivity contribution in [3.63, 3.8) is 0 Å². The fraction of sp³-hybridized carbons (Fsp3) is 0.667. The summed E-state index contributed by atoms with van der Waals surface area (Å²) in [5.74, 6) is 4.71. The summed E-state index contributed by atoms with van der Waals surface area (Å²) in [7, 11) is 0. The average Bonchev–Trinajstić information content (AvgIpc) is 2.03. The molecule has 1 rings (SSSR count). The first-order chi connectivity index (χ1) is 5.24. The molecule has 1 aliphatic heterocycles. The van der Waals surface area contributed by atoms with E-state index in [4.69, 9.17) is 22.8 Å². The Kier molecular flexibility index (Phi) is 2.78. The molecule has 1 amide bonds. The number of hydrazine groups is 1. The minimum absolute atomic E-state index is 0.0961. The van der Waals surface area contributed by atoms with Gasteiger partial charge in [-0.25, -0.2) is 5.84 Å². The maximum Gasteiger partial charge on any atom is 0.237 e. The zero-order valence-corrected chi connectivity index (χ0v) is 6.82. The van der Waals surface area contributed by atoms with Gasteiger partial charge in [0.2, 0.25) is 5.91 Å². The Morgan fingerprint density at radius 1 is 1.82 bits per heavy atom. The molecule has 1 fully saturated rings. The summed E-state index contributed by atoms with van der Waals surface area (Å²) < 4.78 is 5.01. The fourth-order valence-corrected chi connectivity index (χ4v) is 1.30. The highest BCUT2D eigenvalue weighted by atomic mass is 32.1. The van der Waals surface area contributed by atoms with Crippen molar-refractivity contribution >= 4 is 23.2 Å². The van der Waals surface area contributed by atoms with Gasteiger partial charge in [0.05, 0.1) is 12.5 Å². The third-order valence-electron chi connectivity index (χ3n) is 1.66. The maximum absolute atomic E-state index is 11.0. The molecule has 0 spiro atoms. The third kappa shape index (κ3) is 2.13. The quantitative estimate of drug-likeness (QED) is 0.248. The molecule has 1 saturated heterocycles. The van der Waals surface area contributed by atoms with Crippen molar-refractivity contribution in [1.29, 1.82) is 0 Å². The number of nitrogens with one attached hydrogen (secondary N) is 1. The highest BCUT2D eigenvalue weighted by molar-refractivity contribution is 7.80.